The van der Waals surface area contributed by atoms with Gasteiger partial charge >= 0.3 is 5.69 Å². The first-order valence-corrected chi connectivity index (χ1v) is 10.4. The van der Waals surface area contributed by atoms with E-state index in [4.69, 9.17) is 4.74 Å². The summed E-state index contributed by atoms with van der Waals surface area (Å²) >= 11 is 1.45. The number of sulfonamides is 1. The van der Waals surface area contributed by atoms with Gasteiger partial charge in [-0.05, 0) is 36.2 Å². The first kappa shape index (κ1) is 18.7. The van der Waals surface area contributed by atoms with Crippen LogP contribution in [0.25, 0.3) is 0 Å². The summed E-state index contributed by atoms with van der Waals surface area (Å²) in [7, 11) is -2.33. The number of ether oxygens (including phenoxy) is 1. The van der Waals surface area contributed by atoms with Crippen LogP contribution in [0.2, 0.25) is 0 Å². The molecule has 9 heteroatoms. The Morgan fingerprint density at radius 3 is 2.69 bits per heavy atom. The van der Waals surface area contributed by atoms with E-state index in [1.54, 1.807) is 24.3 Å². The molecule has 1 unspecified atom stereocenters. The Kier molecular flexibility index (Phi) is 5.22. The van der Waals surface area contributed by atoms with Crippen molar-refractivity contribution in [3.05, 3.63) is 63.7 Å². The van der Waals surface area contributed by atoms with Crippen molar-refractivity contribution in [2.24, 2.45) is 0 Å². The van der Waals surface area contributed by atoms with Crippen LogP contribution < -0.4 is 4.74 Å². The predicted molar refractivity (Wildman–Crippen MR) is 99.9 cm³/mol. The standard InChI is InChI=1S/C17H18N2O5S2/c1-12-4-3-5-14(10-12)26(22,23)18-8-9-25-17(18)13-6-7-16(24-2)15(11-13)19(20)21/h3-7,10-11,17H,8-9H2,1-2H3. The minimum atomic E-state index is -3.70. The minimum absolute atomic E-state index is 0.148. The van der Waals surface area contributed by atoms with Crippen LogP contribution in [0.1, 0.15) is 16.5 Å². The third kappa shape index (κ3) is 3.42. The van der Waals surface area contributed by atoms with E-state index in [0.29, 0.717) is 17.9 Å². The summed E-state index contributed by atoms with van der Waals surface area (Å²) in [5.74, 6) is 0.769. The molecule has 0 bridgehead atoms. The van der Waals surface area contributed by atoms with E-state index in [-0.39, 0.29) is 16.3 Å². The molecule has 0 aliphatic carbocycles. The second-order valence-electron chi connectivity index (χ2n) is 5.84. The highest BCUT2D eigenvalue weighted by atomic mass is 32.2. The Labute approximate surface area is 156 Å². The van der Waals surface area contributed by atoms with Crippen LogP contribution >= 0.6 is 11.8 Å². The van der Waals surface area contributed by atoms with Crippen LogP contribution in [0.4, 0.5) is 5.69 Å². The summed E-state index contributed by atoms with van der Waals surface area (Å²) in [4.78, 5) is 11.0. The lowest BCUT2D eigenvalue weighted by Crippen LogP contribution is -2.30. The molecule has 0 radical (unpaired) electrons. The molecule has 2 aromatic rings. The summed E-state index contributed by atoms with van der Waals surface area (Å²) in [5.41, 5.74) is 1.25. The number of nitrogens with zero attached hydrogens (tertiary/aromatic N) is 2. The van der Waals surface area contributed by atoms with Crippen molar-refractivity contribution in [2.75, 3.05) is 19.4 Å². The van der Waals surface area contributed by atoms with Crippen LogP contribution in [-0.4, -0.2) is 37.1 Å². The fourth-order valence-corrected chi connectivity index (χ4v) is 6.21. The maximum atomic E-state index is 13.1. The summed E-state index contributed by atoms with van der Waals surface area (Å²) < 4.78 is 32.6. The maximum absolute atomic E-state index is 13.1. The Hall–Kier alpha value is -2.10. The molecular formula is C17H18N2O5S2. The predicted octanol–water partition coefficient (Wildman–Crippen LogP) is 3.35. The van der Waals surface area contributed by atoms with Crippen LogP contribution in [0.3, 0.4) is 0 Å². The largest absolute Gasteiger partial charge is 0.490 e. The summed E-state index contributed by atoms with van der Waals surface area (Å²) in [6, 6.07) is 11.3. The lowest BCUT2D eigenvalue weighted by molar-refractivity contribution is -0.385. The SMILES string of the molecule is COc1ccc(C2SCCN2S(=O)(=O)c2cccc(C)c2)cc1[N+](=O)[O-]. The number of nitro groups is 1. The van der Waals surface area contributed by atoms with Gasteiger partial charge in [0.2, 0.25) is 10.0 Å². The quantitative estimate of drug-likeness (QED) is 0.571. The fraction of sp³-hybridized carbons (Fsp3) is 0.294. The lowest BCUT2D eigenvalue weighted by atomic mass is 10.2. The average molecular weight is 394 g/mol. The topological polar surface area (TPSA) is 89.8 Å². The van der Waals surface area contributed by atoms with Crippen molar-refractivity contribution in [3.63, 3.8) is 0 Å². The first-order valence-electron chi connectivity index (χ1n) is 7.87. The second-order valence-corrected chi connectivity index (χ2v) is 8.92. The van der Waals surface area contributed by atoms with Gasteiger partial charge in [0.15, 0.2) is 5.75 Å². The second kappa shape index (κ2) is 7.26. The van der Waals surface area contributed by atoms with Gasteiger partial charge in [0.05, 0.1) is 22.3 Å². The molecular weight excluding hydrogens is 376 g/mol. The van der Waals surface area contributed by atoms with Crippen molar-refractivity contribution < 1.29 is 18.1 Å². The van der Waals surface area contributed by atoms with E-state index >= 15 is 0 Å². The molecule has 138 valence electrons. The molecule has 1 saturated heterocycles. The zero-order valence-corrected chi connectivity index (χ0v) is 15.9. The number of thioether (sulfide) groups is 1. The molecule has 0 aromatic heterocycles. The van der Waals surface area contributed by atoms with Gasteiger partial charge in [-0.2, -0.15) is 4.31 Å². The Bertz CT molecular complexity index is 946. The van der Waals surface area contributed by atoms with Crippen molar-refractivity contribution >= 4 is 27.5 Å². The first-order chi connectivity index (χ1) is 12.3. The van der Waals surface area contributed by atoms with Gasteiger partial charge in [-0.15, -0.1) is 11.8 Å². The number of hydrogen-bond acceptors (Lipinski definition) is 6. The number of rotatable bonds is 5. The van der Waals surface area contributed by atoms with Gasteiger partial charge in [-0.25, -0.2) is 8.42 Å². The van der Waals surface area contributed by atoms with Crippen molar-refractivity contribution in [1.29, 1.82) is 0 Å². The smallest absolute Gasteiger partial charge is 0.311 e. The van der Waals surface area contributed by atoms with Crippen LogP contribution in [0.5, 0.6) is 5.75 Å². The van der Waals surface area contributed by atoms with E-state index in [2.05, 4.69) is 0 Å². The third-order valence-corrected chi connectivity index (χ3v) is 7.38. The zero-order valence-electron chi connectivity index (χ0n) is 14.3. The molecule has 0 N–H and O–H groups in total. The summed E-state index contributed by atoms with van der Waals surface area (Å²) in [6.07, 6.45) is 0. The molecule has 1 heterocycles. The van der Waals surface area contributed by atoms with Gasteiger partial charge in [0, 0.05) is 18.4 Å². The Morgan fingerprint density at radius 1 is 1.27 bits per heavy atom. The van der Waals surface area contributed by atoms with Crippen molar-refractivity contribution in [2.45, 2.75) is 17.2 Å². The molecule has 2 aromatic carbocycles. The van der Waals surface area contributed by atoms with Crippen molar-refractivity contribution in [1.82, 2.24) is 4.31 Å². The van der Waals surface area contributed by atoms with E-state index in [1.807, 2.05) is 13.0 Å². The normalized spacial score (nSPS) is 18.0. The lowest BCUT2D eigenvalue weighted by Gasteiger charge is -2.23. The van der Waals surface area contributed by atoms with Gasteiger partial charge in [0.1, 0.15) is 0 Å². The molecule has 1 aliphatic heterocycles. The number of hydrogen-bond donors (Lipinski definition) is 0. The Balaban J connectivity index is 2.01. The van der Waals surface area contributed by atoms with Gasteiger partial charge in [0.25, 0.3) is 0 Å². The number of nitro benzene ring substituents is 1. The molecule has 1 atom stereocenters. The van der Waals surface area contributed by atoms with E-state index in [0.717, 1.165) is 5.56 Å². The molecule has 0 spiro atoms. The maximum Gasteiger partial charge on any atom is 0.311 e. The highest BCUT2D eigenvalue weighted by molar-refractivity contribution is 8.01. The highest BCUT2D eigenvalue weighted by Crippen LogP contribution is 2.43. The molecule has 0 amide bonds. The van der Waals surface area contributed by atoms with Gasteiger partial charge < -0.3 is 4.74 Å². The third-order valence-electron chi connectivity index (χ3n) is 4.13. The number of aryl methyl sites for hydroxylation is 1. The van der Waals surface area contributed by atoms with Crippen LogP contribution in [0.15, 0.2) is 47.4 Å². The molecule has 1 fully saturated rings. The van der Waals surface area contributed by atoms with Crippen molar-refractivity contribution in [3.8, 4) is 5.75 Å². The molecule has 0 saturated carbocycles. The highest BCUT2D eigenvalue weighted by Gasteiger charge is 2.37. The molecule has 1 aliphatic rings. The van der Waals surface area contributed by atoms with E-state index < -0.39 is 20.3 Å². The molecule has 3 rings (SSSR count). The summed E-state index contributed by atoms with van der Waals surface area (Å²) in [6.45, 7) is 2.19. The average Bonchev–Trinajstić information content (AvgIpc) is 3.11. The van der Waals surface area contributed by atoms with E-state index in [1.165, 1.54) is 35.3 Å². The van der Waals surface area contributed by atoms with Crippen LogP contribution in [-0.2, 0) is 10.0 Å². The monoisotopic (exact) mass is 394 g/mol. The number of methoxy groups -OCH3 is 1. The van der Waals surface area contributed by atoms with E-state index in [9.17, 15) is 18.5 Å². The van der Waals surface area contributed by atoms with Crippen LogP contribution in [0, 0.1) is 17.0 Å². The number of benzene rings is 2. The van der Waals surface area contributed by atoms with Gasteiger partial charge in [-0.1, -0.05) is 18.2 Å². The minimum Gasteiger partial charge on any atom is -0.490 e. The molecule has 7 nitrogen and oxygen atoms in total. The Morgan fingerprint density at radius 2 is 2.04 bits per heavy atom. The van der Waals surface area contributed by atoms with Gasteiger partial charge in [-0.3, -0.25) is 10.1 Å². The summed E-state index contributed by atoms with van der Waals surface area (Å²) in [5, 5.41) is 10.8. The zero-order chi connectivity index (χ0) is 18.9. The molecule has 26 heavy (non-hydrogen) atoms. The fourth-order valence-electron chi connectivity index (χ4n) is 2.88.